The molecule has 1 heterocycles. The number of pyridine rings is 1. The second kappa shape index (κ2) is 9.00. The highest BCUT2D eigenvalue weighted by Gasteiger charge is 2.10. The SMILES string of the molecule is CN=C(NCCOc1cccnc1)NC(C)c1ccccc1Cl. The summed E-state index contributed by atoms with van der Waals surface area (Å²) in [6.07, 6.45) is 3.40. The fraction of sp³-hybridized carbons (Fsp3) is 0.294. The molecule has 0 fully saturated rings. The molecule has 0 aliphatic carbocycles. The van der Waals surface area contributed by atoms with Crippen molar-refractivity contribution in [3.05, 3.63) is 59.4 Å². The zero-order valence-corrected chi connectivity index (χ0v) is 14.0. The number of guanidine groups is 1. The molecule has 2 rings (SSSR count). The van der Waals surface area contributed by atoms with Crippen LogP contribution in [0.5, 0.6) is 5.75 Å². The number of hydrogen-bond acceptors (Lipinski definition) is 3. The zero-order valence-electron chi connectivity index (χ0n) is 13.3. The number of nitrogens with zero attached hydrogens (tertiary/aromatic N) is 2. The van der Waals surface area contributed by atoms with Gasteiger partial charge in [0.05, 0.1) is 18.8 Å². The van der Waals surface area contributed by atoms with E-state index in [1.54, 1.807) is 19.4 Å². The molecule has 0 spiro atoms. The van der Waals surface area contributed by atoms with Crippen LogP contribution in [0.15, 0.2) is 53.8 Å². The van der Waals surface area contributed by atoms with Crippen molar-refractivity contribution < 1.29 is 4.74 Å². The molecule has 1 unspecified atom stereocenters. The predicted molar refractivity (Wildman–Crippen MR) is 94.1 cm³/mol. The number of halogens is 1. The van der Waals surface area contributed by atoms with E-state index in [9.17, 15) is 0 Å². The lowest BCUT2D eigenvalue weighted by Gasteiger charge is -2.19. The molecule has 0 saturated carbocycles. The van der Waals surface area contributed by atoms with Gasteiger partial charge in [-0.3, -0.25) is 9.98 Å². The minimum atomic E-state index is 0.0501. The first-order valence-corrected chi connectivity index (χ1v) is 7.83. The Morgan fingerprint density at radius 3 is 2.83 bits per heavy atom. The summed E-state index contributed by atoms with van der Waals surface area (Å²) in [7, 11) is 1.73. The Hall–Kier alpha value is -2.27. The zero-order chi connectivity index (χ0) is 16.5. The molecule has 0 radical (unpaired) electrons. The van der Waals surface area contributed by atoms with E-state index >= 15 is 0 Å². The van der Waals surface area contributed by atoms with Crippen LogP contribution in [0.25, 0.3) is 0 Å². The van der Waals surface area contributed by atoms with Crippen molar-refractivity contribution in [2.75, 3.05) is 20.2 Å². The van der Waals surface area contributed by atoms with Crippen molar-refractivity contribution in [1.29, 1.82) is 0 Å². The van der Waals surface area contributed by atoms with Crippen molar-refractivity contribution in [2.45, 2.75) is 13.0 Å². The number of hydrogen-bond donors (Lipinski definition) is 2. The minimum Gasteiger partial charge on any atom is -0.490 e. The molecule has 5 nitrogen and oxygen atoms in total. The third kappa shape index (κ3) is 5.45. The van der Waals surface area contributed by atoms with Gasteiger partial charge in [-0.1, -0.05) is 29.8 Å². The first-order chi connectivity index (χ1) is 11.2. The van der Waals surface area contributed by atoms with E-state index in [4.69, 9.17) is 16.3 Å². The highest BCUT2D eigenvalue weighted by Crippen LogP contribution is 2.21. The molecular weight excluding hydrogens is 312 g/mol. The molecule has 0 aliphatic rings. The fourth-order valence-corrected chi connectivity index (χ4v) is 2.37. The Balaban J connectivity index is 1.78. The van der Waals surface area contributed by atoms with Gasteiger partial charge in [0.25, 0.3) is 0 Å². The van der Waals surface area contributed by atoms with Gasteiger partial charge in [0.2, 0.25) is 0 Å². The van der Waals surface area contributed by atoms with Crippen LogP contribution in [0.1, 0.15) is 18.5 Å². The van der Waals surface area contributed by atoms with E-state index in [0.717, 1.165) is 16.3 Å². The molecule has 0 aliphatic heterocycles. The number of nitrogens with one attached hydrogen (secondary N) is 2. The second-order valence-corrected chi connectivity index (χ2v) is 5.33. The highest BCUT2D eigenvalue weighted by molar-refractivity contribution is 6.31. The minimum absolute atomic E-state index is 0.0501. The molecule has 6 heteroatoms. The lowest BCUT2D eigenvalue weighted by atomic mass is 10.1. The number of rotatable bonds is 6. The van der Waals surface area contributed by atoms with Crippen molar-refractivity contribution >= 4 is 17.6 Å². The molecule has 122 valence electrons. The Morgan fingerprint density at radius 2 is 2.13 bits per heavy atom. The van der Waals surface area contributed by atoms with E-state index < -0.39 is 0 Å². The molecule has 0 saturated heterocycles. The van der Waals surface area contributed by atoms with Crippen molar-refractivity contribution in [2.24, 2.45) is 4.99 Å². The van der Waals surface area contributed by atoms with Gasteiger partial charge in [-0.15, -0.1) is 0 Å². The fourth-order valence-electron chi connectivity index (χ4n) is 2.07. The summed E-state index contributed by atoms with van der Waals surface area (Å²) in [5, 5.41) is 7.26. The first kappa shape index (κ1) is 17.1. The molecule has 2 N–H and O–H groups in total. The van der Waals surface area contributed by atoms with Gasteiger partial charge >= 0.3 is 0 Å². The van der Waals surface area contributed by atoms with E-state index in [-0.39, 0.29) is 6.04 Å². The summed E-state index contributed by atoms with van der Waals surface area (Å²) in [4.78, 5) is 8.21. The van der Waals surface area contributed by atoms with Gasteiger partial charge in [0, 0.05) is 18.3 Å². The number of aliphatic imine (C=N–C) groups is 1. The number of ether oxygens (including phenoxy) is 1. The standard InChI is InChI=1S/C17H21ClN4O/c1-13(15-7-3-4-8-16(15)18)22-17(19-2)21-10-11-23-14-6-5-9-20-12-14/h3-9,12-13H,10-11H2,1-2H3,(H2,19,21,22). The Labute approximate surface area is 141 Å². The van der Waals surface area contributed by atoms with Gasteiger partial charge in [-0.25, -0.2) is 0 Å². The molecular formula is C17H21ClN4O. The van der Waals surface area contributed by atoms with Crippen LogP contribution in [0.4, 0.5) is 0 Å². The first-order valence-electron chi connectivity index (χ1n) is 7.45. The molecule has 1 aromatic carbocycles. The summed E-state index contributed by atoms with van der Waals surface area (Å²) in [5.74, 6) is 1.45. The van der Waals surface area contributed by atoms with Crippen LogP contribution in [0.2, 0.25) is 5.02 Å². The summed E-state index contributed by atoms with van der Waals surface area (Å²) in [6.45, 7) is 3.19. The maximum Gasteiger partial charge on any atom is 0.191 e. The highest BCUT2D eigenvalue weighted by atomic mass is 35.5. The average Bonchev–Trinajstić information content (AvgIpc) is 2.58. The van der Waals surface area contributed by atoms with Gasteiger partial charge in [0.1, 0.15) is 12.4 Å². The van der Waals surface area contributed by atoms with E-state index in [2.05, 4.69) is 20.6 Å². The van der Waals surface area contributed by atoms with Crippen LogP contribution in [0, 0.1) is 0 Å². The lowest BCUT2D eigenvalue weighted by Crippen LogP contribution is -2.40. The van der Waals surface area contributed by atoms with Crippen LogP contribution in [-0.2, 0) is 0 Å². The molecule has 2 aromatic rings. The summed E-state index contributed by atoms with van der Waals surface area (Å²) < 4.78 is 5.58. The maximum atomic E-state index is 6.21. The Morgan fingerprint density at radius 1 is 1.30 bits per heavy atom. The smallest absolute Gasteiger partial charge is 0.191 e. The van der Waals surface area contributed by atoms with Crippen molar-refractivity contribution in [3.63, 3.8) is 0 Å². The molecule has 1 atom stereocenters. The van der Waals surface area contributed by atoms with Gasteiger partial charge in [-0.05, 0) is 30.7 Å². The third-order valence-electron chi connectivity index (χ3n) is 3.25. The third-order valence-corrected chi connectivity index (χ3v) is 3.59. The Bertz CT molecular complexity index is 634. The molecule has 0 amide bonds. The van der Waals surface area contributed by atoms with Crippen LogP contribution in [-0.4, -0.2) is 31.1 Å². The average molecular weight is 333 g/mol. The van der Waals surface area contributed by atoms with E-state index in [1.807, 2.05) is 43.3 Å². The molecule has 0 bridgehead atoms. The van der Waals surface area contributed by atoms with Gasteiger partial charge in [-0.2, -0.15) is 0 Å². The monoisotopic (exact) mass is 332 g/mol. The number of benzene rings is 1. The normalized spacial score (nSPS) is 12.6. The second-order valence-electron chi connectivity index (χ2n) is 4.92. The van der Waals surface area contributed by atoms with Crippen molar-refractivity contribution in [3.8, 4) is 5.75 Å². The van der Waals surface area contributed by atoms with Gasteiger partial charge < -0.3 is 15.4 Å². The predicted octanol–water partition coefficient (Wildman–Crippen LogP) is 3.04. The van der Waals surface area contributed by atoms with Crippen LogP contribution >= 0.6 is 11.6 Å². The van der Waals surface area contributed by atoms with Crippen LogP contribution < -0.4 is 15.4 Å². The van der Waals surface area contributed by atoms with E-state index in [1.165, 1.54) is 0 Å². The van der Waals surface area contributed by atoms with E-state index in [0.29, 0.717) is 19.1 Å². The lowest BCUT2D eigenvalue weighted by molar-refractivity contribution is 0.320. The maximum absolute atomic E-state index is 6.21. The largest absolute Gasteiger partial charge is 0.490 e. The van der Waals surface area contributed by atoms with Crippen LogP contribution in [0.3, 0.4) is 0 Å². The Kier molecular flexibility index (Phi) is 6.69. The topological polar surface area (TPSA) is 58.5 Å². The summed E-state index contributed by atoms with van der Waals surface area (Å²) in [5.41, 5.74) is 1.03. The van der Waals surface area contributed by atoms with Crippen molar-refractivity contribution in [1.82, 2.24) is 15.6 Å². The molecule has 1 aromatic heterocycles. The number of aromatic nitrogens is 1. The van der Waals surface area contributed by atoms with Gasteiger partial charge in [0.15, 0.2) is 5.96 Å². The summed E-state index contributed by atoms with van der Waals surface area (Å²) in [6, 6.07) is 11.5. The molecule has 23 heavy (non-hydrogen) atoms. The quantitative estimate of drug-likeness (QED) is 0.485. The summed E-state index contributed by atoms with van der Waals surface area (Å²) >= 11 is 6.21.